The van der Waals surface area contributed by atoms with Crippen LogP contribution in [0.3, 0.4) is 0 Å². The summed E-state index contributed by atoms with van der Waals surface area (Å²) >= 11 is 0. The van der Waals surface area contributed by atoms with Crippen LogP contribution in [0.15, 0.2) is 35.4 Å². The summed E-state index contributed by atoms with van der Waals surface area (Å²) in [7, 11) is 0. The van der Waals surface area contributed by atoms with Gasteiger partial charge in [-0.15, -0.1) is 0 Å². The minimum absolute atomic E-state index is 0.0304. The Hall–Kier alpha value is -2.80. The van der Waals surface area contributed by atoms with E-state index < -0.39 is 0 Å². The third-order valence-electron chi connectivity index (χ3n) is 5.98. The number of hydrogen-bond donors (Lipinski definition) is 0. The summed E-state index contributed by atoms with van der Waals surface area (Å²) in [5.41, 5.74) is 3.60. The molecule has 30 heavy (non-hydrogen) atoms. The van der Waals surface area contributed by atoms with Crippen molar-refractivity contribution in [2.45, 2.75) is 64.6 Å². The first kappa shape index (κ1) is 19.2. The van der Waals surface area contributed by atoms with Crippen LogP contribution in [0.25, 0.3) is 33.2 Å². The fourth-order valence-electron chi connectivity index (χ4n) is 4.37. The molecule has 1 aliphatic rings. The van der Waals surface area contributed by atoms with E-state index in [0.29, 0.717) is 35.3 Å². The molecule has 0 N–H and O–H groups in total. The Labute approximate surface area is 174 Å². The normalized spacial score (nSPS) is 16.9. The molecule has 5 rings (SSSR count). The van der Waals surface area contributed by atoms with Crippen molar-refractivity contribution in [3.63, 3.8) is 0 Å². The molecule has 0 saturated carbocycles. The van der Waals surface area contributed by atoms with Gasteiger partial charge in [0.15, 0.2) is 11.3 Å². The smallest absolute Gasteiger partial charge is 0.265 e. The molecule has 0 radical (unpaired) electrons. The van der Waals surface area contributed by atoms with Crippen molar-refractivity contribution < 1.29 is 4.74 Å². The van der Waals surface area contributed by atoms with E-state index in [9.17, 15) is 4.79 Å². The minimum Gasteiger partial charge on any atom is -0.376 e. The van der Waals surface area contributed by atoms with Crippen LogP contribution in [0, 0.1) is 0 Å². The molecule has 1 fully saturated rings. The maximum atomic E-state index is 13.4. The number of unbranched alkanes of at least 4 members (excludes halogenated alkanes) is 3. The number of nitrogens with zero attached hydrogens (tertiary/aromatic N) is 5. The first-order chi connectivity index (χ1) is 14.8. The summed E-state index contributed by atoms with van der Waals surface area (Å²) in [6.45, 7) is 4.29. The zero-order valence-corrected chi connectivity index (χ0v) is 17.4. The molecule has 3 aromatic heterocycles. The molecule has 0 unspecified atom stereocenters. The molecular weight excluding hydrogens is 378 g/mol. The quantitative estimate of drug-likeness (QED) is 0.434. The molecule has 4 heterocycles. The summed E-state index contributed by atoms with van der Waals surface area (Å²) in [5.74, 6) is 0. The van der Waals surface area contributed by atoms with Crippen LogP contribution in [-0.4, -0.2) is 36.8 Å². The topological polar surface area (TPSA) is 74.8 Å². The second-order valence-electron chi connectivity index (χ2n) is 8.13. The van der Waals surface area contributed by atoms with Crippen LogP contribution in [0.1, 0.15) is 45.4 Å². The van der Waals surface area contributed by atoms with Gasteiger partial charge in [-0.1, -0.05) is 38.3 Å². The largest absolute Gasteiger partial charge is 0.376 e. The Bertz CT molecular complexity index is 1250. The van der Waals surface area contributed by atoms with Gasteiger partial charge in [-0.25, -0.2) is 15.0 Å². The molecule has 7 nitrogen and oxygen atoms in total. The fourth-order valence-corrected chi connectivity index (χ4v) is 4.37. The van der Waals surface area contributed by atoms with E-state index in [0.717, 1.165) is 43.3 Å². The summed E-state index contributed by atoms with van der Waals surface area (Å²) < 4.78 is 9.62. The van der Waals surface area contributed by atoms with Crippen LogP contribution in [0.2, 0.25) is 0 Å². The lowest BCUT2D eigenvalue weighted by Crippen LogP contribution is -2.21. The van der Waals surface area contributed by atoms with Crippen LogP contribution >= 0.6 is 0 Å². The van der Waals surface area contributed by atoms with E-state index in [1.165, 1.54) is 12.8 Å². The van der Waals surface area contributed by atoms with E-state index in [-0.39, 0.29) is 11.7 Å². The fraction of sp³-hybridized carbons (Fsp3) is 0.478. The summed E-state index contributed by atoms with van der Waals surface area (Å²) in [6.07, 6.45) is 8.33. The second-order valence-corrected chi connectivity index (χ2v) is 8.13. The lowest BCUT2D eigenvalue weighted by Gasteiger charge is -2.12. The first-order valence-electron chi connectivity index (χ1n) is 11.0. The maximum Gasteiger partial charge on any atom is 0.265 e. The molecule has 1 aromatic carbocycles. The van der Waals surface area contributed by atoms with Crippen LogP contribution in [0.5, 0.6) is 0 Å². The number of hydrogen-bond acceptors (Lipinski definition) is 5. The number of aryl methyl sites for hydroxylation is 1. The highest BCUT2D eigenvalue weighted by molar-refractivity contribution is 6.04. The van der Waals surface area contributed by atoms with Crippen molar-refractivity contribution in [3.8, 4) is 0 Å². The van der Waals surface area contributed by atoms with Crippen LogP contribution in [0.4, 0.5) is 0 Å². The summed E-state index contributed by atoms with van der Waals surface area (Å²) in [4.78, 5) is 27.8. The number of ether oxygens (including phenoxy) is 1. The van der Waals surface area contributed by atoms with Crippen molar-refractivity contribution >= 4 is 33.2 Å². The average Bonchev–Trinajstić information content (AvgIpc) is 3.38. The maximum absolute atomic E-state index is 13.4. The van der Waals surface area contributed by atoms with E-state index in [1.807, 2.05) is 28.8 Å². The molecule has 1 atom stereocenters. The second kappa shape index (κ2) is 8.14. The highest BCUT2D eigenvalue weighted by Crippen LogP contribution is 2.27. The molecule has 156 valence electrons. The molecule has 0 aliphatic carbocycles. The molecule has 1 saturated heterocycles. The minimum atomic E-state index is -0.0304. The monoisotopic (exact) mass is 405 g/mol. The SMILES string of the molecule is CCCCCCn1cnc2c(c1=O)c1nc3ccccc3nc1n2C[C@@H]1CCCO1. The Morgan fingerprint density at radius 3 is 2.70 bits per heavy atom. The third-order valence-corrected chi connectivity index (χ3v) is 5.98. The van der Waals surface area contributed by atoms with E-state index in [2.05, 4.69) is 6.92 Å². The van der Waals surface area contributed by atoms with E-state index in [4.69, 9.17) is 19.7 Å². The molecule has 0 bridgehead atoms. The number of aromatic nitrogens is 5. The van der Waals surface area contributed by atoms with Crippen molar-refractivity contribution in [1.82, 2.24) is 24.1 Å². The van der Waals surface area contributed by atoms with Gasteiger partial charge in [-0.3, -0.25) is 9.36 Å². The Morgan fingerprint density at radius 2 is 1.93 bits per heavy atom. The number of rotatable bonds is 7. The first-order valence-corrected chi connectivity index (χ1v) is 11.0. The zero-order valence-electron chi connectivity index (χ0n) is 17.4. The van der Waals surface area contributed by atoms with Crippen molar-refractivity contribution in [3.05, 3.63) is 40.9 Å². The van der Waals surface area contributed by atoms with Crippen molar-refractivity contribution in [2.24, 2.45) is 0 Å². The van der Waals surface area contributed by atoms with Crippen molar-refractivity contribution in [1.29, 1.82) is 0 Å². The summed E-state index contributed by atoms with van der Waals surface area (Å²) in [5, 5.41) is 0.569. The van der Waals surface area contributed by atoms with Gasteiger partial charge in [0.25, 0.3) is 5.56 Å². The molecule has 1 aliphatic heterocycles. The molecule has 4 aromatic rings. The Morgan fingerprint density at radius 1 is 1.10 bits per heavy atom. The Balaban J connectivity index is 1.68. The highest BCUT2D eigenvalue weighted by atomic mass is 16.5. The van der Waals surface area contributed by atoms with Gasteiger partial charge in [-0.05, 0) is 31.4 Å². The highest BCUT2D eigenvalue weighted by Gasteiger charge is 2.23. The predicted molar refractivity (Wildman–Crippen MR) is 118 cm³/mol. The molecule has 0 spiro atoms. The van der Waals surface area contributed by atoms with Crippen molar-refractivity contribution in [2.75, 3.05) is 6.61 Å². The van der Waals surface area contributed by atoms with Gasteiger partial charge in [0.1, 0.15) is 10.9 Å². The summed E-state index contributed by atoms with van der Waals surface area (Å²) in [6, 6.07) is 7.79. The number of benzene rings is 1. The Kier molecular flexibility index (Phi) is 5.21. The number of fused-ring (bicyclic) bond motifs is 4. The lowest BCUT2D eigenvalue weighted by molar-refractivity contribution is 0.0987. The van der Waals surface area contributed by atoms with Crippen LogP contribution in [-0.2, 0) is 17.8 Å². The zero-order chi connectivity index (χ0) is 20.5. The predicted octanol–water partition coefficient (Wildman–Crippen LogP) is 4.05. The third kappa shape index (κ3) is 3.37. The van der Waals surface area contributed by atoms with Crippen LogP contribution < -0.4 is 5.56 Å². The van der Waals surface area contributed by atoms with Gasteiger partial charge in [0, 0.05) is 13.2 Å². The lowest BCUT2D eigenvalue weighted by atomic mass is 10.2. The van der Waals surface area contributed by atoms with Gasteiger partial charge in [0.2, 0.25) is 0 Å². The standard InChI is InChI=1S/C23H27N5O2/c1-2-3-4-7-12-27-15-24-21-19(23(27)29)20-22(28(21)14-16-9-8-13-30-16)26-18-11-6-5-10-17(18)25-20/h5-6,10-11,15-16H,2-4,7-9,12-14H2,1H3/t16-/m0/s1. The number of para-hydroxylation sites is 2. The van der Waals surface area contributed by atoms with Gasteiger partial charge < -0.3 is 9.30 Å². The van der Waals surface area contributed by atoms with Gasteiger partial charge in [-0.2, -0.15) is 0 Å². The van der Waals surface area contributed by atoms with Gasteiger partial charge in [0.05, 0.1) is 30.0 Å². The van der Waals surface area contributed by atoms with E-state index >= 15 is 0 Å². The molecule has 0 amide bonds. The van der Waals surface area contributed by atoms with Gasteiger partial charge >= 0.3 is 0 Å². The molecule has 7 heteroatoms. The van der Waals surface area contributed by atoms with E-state index in [1.54, 1.807) is 10.9 Å². The average molecular weight is 406 g/mol. The molecular formula is C23H27N5O2.